The van der Waals surface area contributed by atoms with Gasteiger partial charge >= 0.3 is 0 Å². The van der Waals surface area contributed by atoms with Crippen molar-refractivity contribution >= 4 is 5.91 Å². The molecule has 0 atom stereocenters. The van der Waals surface area contributed by atoms with Crippen molar-refractivity contribution in [3.05, 3.63) is 23.8 Å². The van der Waals surface area contributed by atoms with E-state index >= 15 is 0 Å². The molecule has 0 aromatic heterocycles. The van der Waals surface area contributed by atoms with Gasteiger partial charge in [0, 0.05) is 11.6 Å². The van der Waals surface area contributed by atoms with E-state index in [-0.39, 0.29) is 24.8 Å². The molecule has 1 fully saturated rings. The van der Waals surface area contributed by atoms with Crippen molar-refractivity contribution < 1.29 is 19.4 Å². The Balaban J connectivity index is 1.64. The van der Waals surface area contributed by atoms with Crippen LogP contribution in [0, 0.1) is 0 Å². The molecule has 1 aromatic carbocycles. The predicted molar refractivity (Wildman–Crippen MR) is 68.3 cm³/mol. The number of rotatable bonds is 2. The smallest absolute Gasteiger partial charge is 0.251 e. The summed E-state index contributed by atoms with van der Waals surface area (Å²) in [6.07, 6.45) is 2.96. The number of aliphatic hydroxyl groups excluding tert-OH is 1. The summed E-state index contributed by atoms with van der Waals surface area (Å²) in [4.78, 5) is 12.1. The van der Waals surface area contributed by atoms with Gasteiger partial charge in [0.1, 0.15) is 0 Å². The van der Waals surface area contributed by atoms with Gasteiger partial charge in [-0.05, 0) is 43.9 Å². The van der Waals surface area contributed by atoms with Crippen molar-refractivity contribution in [3.63, 3.8) is 0 Å². The predicted octanol–water partition coefficient (Wildman–Crippen LogP) is 1.45. The van der Waals surface area contributed by atoms with Gasteiger partial charge in [-0.25, -0.2) is 0 Å². The minimum atomic E-state index is -0.210. The lowest BCUT2D eigenvalue weighted by Gasteiger charge is -2.26. The Bertz CT molecular complexity index is 480. The zero-order valence-electron chi connectivity index (χ0n) is 10.6. The number of nitrogens with one attached hydrogen (secondary N) is 1. The Morgan fingerprint density at radius 1 is 1.16 bits per heavy atom. The topological polar surface area (TPSA) is 67.8 Å². The van der Waals surface area contributed by atoms with Gasteiger partial charge < -0.3 is 19.9 Å². The van der Waals surface area contributed by atoms with Gasteiger partial charge in [0.05, 0.1) is 6.10 Å². The normalized spacial score (nSPS) is 25.1. The third kappa shape index (κ3) is 2.66. The number of benzene rings is 1. The number of aliphatic hydroxyl groups is 1. The van der Waals surface area contributed by atoms with Crippen LogP contribution in [0.3, 0.4) is 0 Å². The molecule has 1 saturated carbocycles. The van der Waals surface area contributed by atoms with E-state index in [0.29, 0.717) is 17.1 Å². The zero-order valence-corrected chi connectivity index (χ0v) is 10.6. The first-order valence-corrected chi connectivity index (χ1v) is 6.61. The maximum atomic E-state index is 12.1. The van der Waals surface area contributed by atoms with Gasteiger partial charge in [-0.3, -0.25) is 4.79 Å². The Kier molecular flexibility index (Phi) is 3.29. The van der Waals surface area contributed by atoms with E-state index in [1.165, 1.54) is 0 Å². The molecular weight excluding hydrogens is 246 g/mol. The highest BCUT2D eigenvalue weighted by Gasteiger charge is 2.22. The standard InChI is InChI=1S/C14H17NO4/c16-11-4-2-10(3-5-11)15-14(17)9-1-6-12-13(7-9)19-8-18-12/h1,6-7,10-11,16H,2-5,8H2,(H,15,17). The lowest BCUT2D eigenvalue weighted by atomic mass is 9.93. The average Bonchev–Trinajstić information content (AvgIpc) is 2.88. The average molecular weight is 263 g/mol. The minimum absolute atomic E-state index is 0.0975. The van der Waals surface area contributed by atoms with Crippen LogP contribution in [-0.4, -0.2) is 30.0 Å². The second kappa shape index (κ2) is 5.09. The number of fused-ring (bicyclic) bond motifs is 1. The van der Waals surface area contributed by atoms with E-state index in [9.17, 15) is 9.90 Å². The first kappa shape index (κ1) is 12.3. The van der Waals surface area contributed by atoms with E-state index < -0.39 is 0 Å². The SMILES string of the molecule is O=C(NC1CCC(O)CC1)c1ccc2c(c1)OCO2. The van der Waals surface area contributed by atoms with Gasteiger partial charge in [0.25, 0.3) is 5.91 Å². The van der Waals surface area contributed by atoms with Crippen molar-refractivity contribution in [2.45, 2.75) is 37.8 Å². The summed E-state index contributed by atoms with van der Waals surface area (Å²) >= 11 is 0. The number of hydrogen-bond donors (Lipinski definition) is 2. The molecule has 0 radical (unpaired) electrons. The van der Waals surface area contributed by atoms with Gasteiger partial charge in [-0.2, -0.15) is 0 Å². The van der Waals surface area contributed by atoms with Crippen LogP contribution >= 0.6 is 0 Å². The summed E-state index contributed by atoms with van der Waals surface area (Å²) in [6.45, 7) is 0.209. The van der Waals surface area contributed by atoms with E-state index in [4.69, 9.17) is 9.47 Å². The fourth-order valence-electron chi connectivity index (χ4n) is 2.53. The van der Waals surface area contributed by atoms with Crippen LogP contribution < -0.4 is 14.8 Å². The van der Waals surface area contributed by atoms with E-state index in [1.807, 2.05) is 0 Å². The van der Waals surface area contributed by atoms with Crippen LogP contribution in [0.1, 0.15) is 36.0 Å². The third-order valence-corrected chi connectivity index (χ3v) is 3.67. The molecule has 0 spiro atoms. The molecule has 0 saturated heterocycles. The number of ether oxygens (including phenoxy) is 2. The maximum absolute atomic E-state index is 12.1. The summed E-state index contributed by atoms with van der Waals surface area (Å²) in [5, 5.41) is 12.4. The quantitative estimate of drug-likeness (QED) is 0.847. The molecule has 5 heteroatoms. The Morgan fingerprint density at radius 2 is 1.89 bits per heavy atom. The van der Waals surface area contributed by atoms with E-state index in [2.05, 4.69) is 5.32 Å². The van der Waals surface area contributed by atoms with Crippen molar-refractivity contribution in [2.24, 2.45) is 0 Å². The van der Waals surface area contributed by atoms with Crippen LogP contribution in [0.25, 0.3) is 0 Å². The number of carbonyl (C=O) groups excluding carboxylic acids is 1. The Morgan fingerprint density at radius 3 is 2.68 bits per heavy atom. The van der Waals surface area contributed by atoms with Crippen LogP contribution in [0.15, 0.2) is 18.2 Å². The first-order valence-electron chi connectivity index (χ1n) is 6.61. The zero-order chi connectivity index (χ0) is 13.2. The van der Waals surface area contributed by atoms with Gasteiger partial charge in [-0.1, -0.05) is 0 Å². The van der Waals surface area contributed by atoms with Crippen LogP contribution in [0.5, 0.6) is 11.5 Å². The van der Waals surface area contributed by atoms with Gasteiger partial charge in [-0.15, -0.1) is 0 Å². The molecular formula is C14H17NO4. The first-order chi connectivity index (χ1) is 9.22. The van der Waals surface area contributed by atoms with Crippen molar-refractivity contribution in [2.75, 3.05) is 6.79 Å². The molecule has 2 aliphatic rings. The second-order valence-corrected chi connectivity index (χ2v) is 5.05. The van der Waals surface area contributed by atoms with Gasteiger partial charge in [0.15, 0.2) is 11.5 Å². The Labute approximate surface area is 111 Å². The minimum Gasteiger partial charge on any atom is -0.454 e. The van der Waals surface area contributed by atoms with Crippen LogP contribution in [-0.2, 0) is 0 Å². The number of hydrogen-bond acceptors (Lipinski definition) is 4. The van der Waals surface area contributed by atoms with Crippen LogP contribution in [0.4, 0.5) is 0 Å². The molecule has 2 N–H and O–H groups in total. The van der Waals surface area contributed by atoms with Crippen LogP contribution in [0.2, 0.25) is 0 Å². The fraction of sp³-hybridized carbons (Fsp3) is 0.500. The molecule has 1 aliphatic carbocycles. The van der Waals surface area contributed by atoms with Crippen molar-refractivity contribution in [1.29, 1.82) is 0 Å². The van der Waals surface area contributed by atoms with E-state index in [0.717, 1.165) is 25.7 Å². The maximum Gasteiger partial charge on any atom is 0.251 e. The fourth-order valence-corrected chi connectivity index (χ4v) is 2.53. The molecule has 19 heavy (non-hydrogen) atoms. The highest BCUT2D eigenvalue weighted by molar-refractivity contribution is 5.95. The molecule has 5 nitrogen and oxygen atoms in total. The van der Waals surface area contributed by atoms with Gasteiger partial charge in [0.2, 0.25) is 6.79 Å². The molecule has 102 valence electrons. The highest BCUT2D eigenvalue weighted by atomic mass is 16.7. The Hall–Kier alpha value is -1.75. The molecule has 1 heterocycles. The highest BCUT2D eigenvalue weighted by Crippen LogP contribution is 2.32. The molecule has 0 unspecified atom stereocenters. The lowest BCUT2D eigenvalue weighted by molar-refractivity contribution is 0.0867. The summed E-state index contributed by atoms with van der Waals surface area (Å²) in [7, 11) is 0. The monoisotopic (exact) mass is 263 g/mol. The van der Waals surface area contributed by atoms with E-state index in [1.54, 1.807) is 18.2 Å². The molecule has 0 bridgehead atoms. The molecule has 1 aliphatic heterocycles. The summed E-state index contributed by atoms with van der Waals surface area (Å²) in [5.74, 6) is 1.20. The number of amides is 1. The third-order valence-electron chi connectivity index (χ3n) is 3.67. The molecule has 3 rings (SSSR count). The summed E-state index contributed by atoms with van der Waals surface area (Å²) in [6, 6.07) is 5.35. The number of carbonyl (C=O) groups is 1. The van der Waals surface area contributed by atoms with Crippen molar-refractivity contribution in [1.82, 2.24) is 5.32 Å². The lowest BCUT2D eigenvalue weighted by Crippen LogP contribution is -2.38. The second-order valence-electron chi connectivity index (χ2n) is 5.05. The summed E-state index contributed by atoms with van der Waals surface area (Å²) in [5.41, 5.74) is 0.579. The molecule has 1 amide bonds. The molecule has 1 aromatic rings. The summed E-state index contributed by atoms with van der Waals surface area (Å²) < 4.78 is 10.5. The van der Waals surface area contributed by atoms with Crippen molar-refractivity contribution in [3.8, 4) is 11.5 Å². The largest absolute Gasteiger partial charge is 0.454 e.